The van der Waals surface area contributed by atoms with E-state index in [-0.39, 0.29) is 24.2 Å². The molecule has 0 saturated carbocycles. The number of halogens is 1. The van der Waals surface area contributed by atoms with E-state index >= 15 is 0 Å². The average Bonchev–Trinajstić information content (AvgIpc) is 3.22. The number of hydrogen-bond donors (Lipinski definition) is 3. The largest absolute Gasteiger partial charge is 0.465 e. The van der Waals surface area contributed by atoms with Gasteiger partial charge in [-0.1, -0.05) is 0 Å². The molecule has 1 unspecified atom stereocenters. The summed E-state index contributed by atoms with van der Waals surface area (Å²) >= 11 is 3.27. The lowest BCUT2D eigenvalue weighted by atomic mass is 10.0. The lowest BCUT2D eigenvalue weighted by Gasteiger charge is -2.06. The van der Waals surface area contributed by atoms with Crippen LogP contribution in [0.1, 0.15) is 34.7 Å². The summed E-state index contributed by atoms with van der Waals surface area (Å²) in [5.41, 5.74) is 12.4. The first-order valence-corrected chi connectivity index (χ1v) is 10.8. The molecule has 0 fully saturated rings. The second-order valence-electron chi connectivity index (χ2n) is 6.41. The number of anilines is 2. The fourth-order valence-electron chi connectivity index (χ4n) is 2.55. The molecule has 3 rings (SSSR count). The molecule has 3 aromatic heterocycles. The Labute approximate surface area is 208 Å². The summed E-state index contributed by atoms with van der Waals surface area (Å²) in [5, 5.41) is 8.78. The van der Waals surface area contributed by atoms with Crippen molar-refractivity contribution in [2.45, 2.75) is 13.8 Å². The number of esters is 2. The summed E-state index contributed by atoms with van der Waals surface area (Å²) in [7, 11) is 0. The lowest BCUT2D eigenvalue weighted by Crippen LogP contribution is -2.26. The van der Waals surface area contributed by atoms with Gasteiger partial charge in [0.25, 0.3) is 0 Å². The van der Waals surface area contributed by atoms with Crippen LogP contribution in [0.25, 0.3) is 11.4 Å². The third-order valence-electron chi connectivity index (χ3n) is 4.06. The minimum atomic E-state index is -1.52. The van der Waals surface area contributed by atoms with Crippen LogP contribution in [0.3, 0.4) is 0 Å². The molecule has 0 aliphatic carbocycles. The van der Waals surface area contributed by atoms with Gasteiger partial charge in [-0.2, -0.15) is 5.26 Å². The van der Waals surface area contributed by atoms with Crippen molar-refractivity contribution in [3.8, 4) is 17.5 Å². The predicted octanol–water partition coefficient (Wildman–Crippen LogP) is 1.94. The molecule has 3 heterocycles. The van der Waals surface area contributed by atoms with E-state index in [0.717, 1.165) is 0 Å². The number of nitriles is 1. The lowest BCUT2D eigenvalue weighted by molar-refractivity contribution is -0.144. The van der Waals surface area contributed by atoms with Gasteiger partial charge in [0, 0.05) is 12.4 Å². The van der Waals surface area contributed by atoms with Gasteiger partial charge in [-0.3, -0.25) is 9.59 Å². The van der Waals surface area contributed by atoms with Crippen molar-refractivity contribution in [1.29, 1.82) is 5.26 Å². The number of nitrogens with zero attached hydrogens (tertiary/aromatic N) is 5. The van der Waals surface area contributed by atoms with Crippen molar-refractivity contribution in [1.82, 2.24) is 24.9 Å². The minimum Gasteiger partial charge on any atom is -0.465 e. The summed E-state index contributed by atoms with van der Waals surface area (Å²) in [4.78, 5) is 52.9. The Morgan fingerprint density at radius 1 is 1.09 bits per heavy atom. The molecule has 0 spiro atoms. The smallest absolute Gasteiger partial charge is 0.340 e. The number of aromatic nitrogens is 5. The highest BCUT2D eigenvalue weighted by molar-refractivity contribution is 9.10. The Hall–Kier alpha value is -4.38. The Balaban J connectivity index is 0.000000247. The number of H-pyrrole nitrogens is 1. The maximum Gasteiger partial charge on any atom is 0.340 e. The Kier molecular flexibility index (Phi) is 9.79. The van der Waals surface area contributed by atoms with Crippen LogP contribution in [-0.2, 0) is 14.3 Å². The van der Waals surface area contributed by atoms with Crippen LogP contribution in [0, 0.1) is 17.2 Å². The van der Waals surface area contributed by atoms with E-state index in [4.69, 9.17) is 21.5 Å². The Morgan fingerprint density at radius 3 is 2.29 bits per heavy atom. The van der Waals surface area contributed by atoms with Gasteiger partial charge in [0.2, 0.25) is 23.6 Å². The maximum absolute atomic E-state index is 11.8. The van der Waals surface area contributed by atoms with E-state index in [1.54, 1.807) is 38.2 Å². The standard InChI is InChI=1S/C11H11BrN4O2.C10H10N4O3/c1-2-18-10(17)6-5-8(15-9(6)12)7-3-4-14-11(13)16-7;1-2-17-9(16)6(5-11)8(15)7-3-4-13-10(12)14-7/h3-5,15H,2H2,1H3,(H2,13,14,16);3-4,6H,2H2,1H3,(H2,12,13,14). The number of hydrogen-bond acceptors (Lipinski definition) is 12. The number of carbonyl (C=O) groups is 3. The summed E-state index contributed by atoms with van der Waals surface area (Å²) in [6, 6.07) is 6.21. The van der Waals surface area contributed by atoms with E-state index in [2.05, 4.69) is 45.6 Å². The first-order chi connectivity index (χ1) is 16.7. The second kappa shape index (κ2) is 12.8. The molecule has 0 radical (unpaired) electrons. The molecule has 0 aliphatic heterocycles. The number of Topliss-reactive ketones (excluding diaryl/α,β-unsaturated/α-hetero) is 1. The Morgan fingerprint density at radius 2 is 1.71 bits per heavy atom. The van der Waals surface area contributed by atoms with Gasteiger partial charge in [0.05, 0.1) is 40.8 Å². The van der Waals surface area contributed by atoms with Gasteiger partial charge in [-0.15, -0.1) is 0 Å². The number of nitrogens with two attached hydrogens (primary N) is 2. The topological polar surface area (TPSA) is 213 Å². The molecule has 1 atom stereocenters. The van der Waals surface area contributed by atoms with Crippen LogP contribution in [0.5, 0.6) is 0 Å². The summed E-state index contributed by atoms with van der Waals surface area (Å²) in [5.74, 6) is -3.48. The second-order valence-corrected chi connectivity index (χ2v) is 7.20. The van der Waals surface area contributed by atoms with E-state index in [0.29, 0.717) is 28.2 Å². The number of nitrogen functional groups attached to an aromatic ring is 2. The summed E-state index contributed by atoms with van der Waals surface area (Å²) in [6.45, 7) is 3.76. The molecule has 5 N–H and O–H groups in total. The van der Waals surface area contributed by atoms with Crippen molar-refractivity contribution < 1.29 is 23.9 Å². The molecule has 0 aromatic carbocycles. The molecule has 182 valence electrons. The van der Waals surface area contributed by atoms with Crippen molar-refractivity contribution in [2.75, 3.05) is 24.7 Å². The van der Waals surface area contributed by atoms with Crippen molar-refractivity contribution in [3.63, 3.8) is 0 Å². The third-order valence-corrected chi connectivity index (χ3v) is 4.68. The highest BCUT2D eigenvalue weighted by Crippen LogP contribution is 2.24. The van der Waals surface area contributed by atoms with Crippen LogP contribution in [0.15, 0.2) is 35.2 Å². The zero-order valence-electron chi connectivity index (χ0n) is 18.7. The number of rotatable bonds is 7. The highest BCUT2D eigenvalue weighted by atomic mass is 79.9. The average molecular weight is 545 g/mol. The van der Waals surface area contributed by atoms with Crippen LogP contribution in [0.2, 0.25) is 0 Å². The maximum atomic E-state index is 11.8. The first kappa shape index (κ1) is 26.9. The van der Waals surface area contributed by atoms with Crippen molar-refractivity contribution in [3.05, 3.63) is 46.5 Å². The molecule has 14 heteroatoms. The van der Waals surface area contributed by atoms with Crippen LogP contribution >= 0.6 is 15.9 Å². The molecule has 3 aromatic rings. The van der Waals surface area contributed by atoms with Crippen LogP contribution in [0.4, 0.5) is 11.9 Å². The normalized spacial score (nSPS) is 10.8. The predicted molar refractivity (Wildman–Crippen MR) is 126 cm³/mol. The molecule has 0 aliphatic rings. The molecule has 0 amide bonds. The summed E-state index contributed by atoms with van der Waals surface area (Å²) < 4.78 is 10.1. The highest BCUT2D eigenvalue weighted by Gasteiger charge is 2.30. The number of ketones is 1. The number of ether oxygens (including phenoxy) is 2. The van der Waals surface area contributed by atoms with E-state index in [1.807, 2.05) is 0 Å². The van der Waals surface area contributed by atoms with Crippen molar-refractivity contribution in [2.24, 2.45) is 5.92 Å². The molecular formula is C21H21BrN8O5. The molecule has 0 saturated heterocycles. The summed E-state index contributed by atoms with van der Waals surface area (Å²) in [6.07, 6.45) is 2.83. The van der Waals surface area contributed by atoms with E-state index < -0.39 is 23.6 Å². The molecule has 13 nitrogen and oxygen atoms in total. The zero-order valence-corrected chi connectivity index (χ0v) is 20.3. The number of aromatic amines is 1. The monoisotopic (exact) mass is 544 g/mol. The zero-order chi connectivity index (χ0) is 26.0. The van der Waals surface area contributed by atoms with Gasteiger partial charge in [-0.25, -0.2) is 24.7 Å². The molecular weight excluding hydrogens is 524 g/mol. The van der Waals surface area contributed by atoms with Gasteiger partial charge in [-0.05, 0) is 48.0 Å². The SMILES string of the molecule is CCOC(=O)C(C#N)C(=O)c1ccnc(N)n1.CCOC(=O)c1cc(-c2ccnc(N)n2)[nH]c1Br. The van der Waals surface area contributed by atoms with Gasteiger partial charge in [0.1, 0.15) is 5.69 Å². The van der Waals surface area contributed by atoms with Crippen molar-refractivity contribution >= 4 is 45.5 Å². The van der Waals surface area contributed by atoms with Crippen LogP contribution < -0.4 is 11.5 Å². The fourth-order valence-corrected chi connectivity index (χ4v) is 3.04. The first-order valence-electron chi connectivity index (χ1n) is 10.0. The minimum absolute atomic E-state index is 0.0860. The van der Waals surface area contributed by atoms with E-state index in [1.165, 1.54) is 12.3 Å². The number of carbonyl (C=O) groups excluding carboxylic acids is 3. The van der Waals surface area contributed by atoms with Gasteiger partial charge < -0.3 is 25.9 Å². The van der Waals surface area contributed by atoms with E-state index in [9.17, 15) is 14.4 Å². The number of nitrogens with one attached hydrogen (secondary N) is 1. The molecule has 35 heavy (non-hydrogen) atoms. The Bertz CT molecular complexity index is 1260. The third kappa shape index (κ3) is 7.30. The molecule has 0 bridgehead atoms. The fraction of sp³-hybridized carbons (Fsp3) is 0.238. The quantitative estimate of drug-likeness (QED) is 0.221. The van der Waals surface area contributed by atoms with Gasteiger partial charge >= 0.3 is 11.9 Å². The van der Waals surface area contributed by atoms with Gasteiger partial charge in [0.15, 0.2) is 0 Å². The van der Waals surface area contributed by atoms with Crippen LogP contribution in [-0.4, -0.2) is 55.9 Å².